The molecule has 1 aliphatic carbocycles. The van der Waals surface area contributed by atoms with Gasteiger partial charge in [-0.05, 0) is 31.0 Å². The summed E-state index contributed by atoms with van der Waals surface area (Å²) in [6, 6.07) is 1.10. The van der Waals surface area contributed by atoms with E-state index in [2.05, 4.69) is 5.32 Å². The van der Waals surface area contributed by atoms with Crippen molar-refractivity contribution in [2.24, 2.45) is 11.8 Å². The molecule has 1 spiro atoms. The number of amides is 2. The molecule has 6 nitrogen and oxygen atoms in total. The maximum absolute atomic E-state index is 12.9. The monoisotopic (exact) mass is 452 g/mol. The maximum atomic E-state index is 12.9. The van der Waals surface area contributed by atoms with E-state index in [-0.39, 0.29) is 37.0 Å². The molecule has 0 aromatic heterocycles. The highest BCUT2D eigenvalue weighted by Gasteiger charge is 2.54. The first-order chi connectivity index (χ1) is 14.3. The van der Waals surface area contributed by atoms with Gasteiger partial charge in [-0.15, -0.1) is 0 Å². The van der Waals surface area contributed by atoms with Gasteiger partial charge >= 0.3 is 18.4 Å². The quantitative estimate of drug-likeness (QED) is 0.711. The van der Waals surface area contributed by atoms with Gasteiger partial charge in [0.25, 0.3) is 0 Å². The molecule has 0 radical (unpaired) electrons. The van der Waals surface area contributed by atoms with Crippen LogP contribution < -0.4 is 10.1 Å². The Balaban J connectivity index is 1.29. The van der Waals surface area contributed by atoms with Crippen LogP contribution in [0.5, 0.6) is 5.75 Å². The normalized spacial score (nSPS) is 26.2. The number of alkyl carbamates (subject to hydrolysis) is 1. The number of hydrogen-bond acceptors (Lipinski definition) is 4. The second-order valence-corrected chi connectivity index (χ2v) is 8.25. The lowest BCUT2D eigenvalue weighted by atomic mass is 9.68. The zero-order valence-electron chi connectivity index (χ0n) is 16.0. The van der Waals surface area contributed by atoms with E-state index in [1.807, 2.05) is 0 Å². The Kier molecular flexibility index (Phi) is 5.01. The highest BCUT2D eigenvalue weighted by Crippen LogP contribution is 2.42. The minimum Gasteiger partial charge on any atom is -0.493 e. The molecular formula is C19H18F6N2O4. The Morgan fingerprint density at radius 1 is 1.10 bits per heavy atom. The second-order valence-electron chi connectivity index (χ2n) is 8.25. The number of benzene rings is 1. The van der Waals surface area contributed by atoms with Crippen molar-refractivity contribution in [3.05, 3.63) is 29.3 Å². The summed E-state index contributed by atoms with van der Waals surface area (Å²) in [6.07, 6.45) is -9.44. The maximum Gasteiger partial charge on any atom is 0.416 e. The Morgan fingerprint density at radius 3 is 2.16 bits per heavy atom. The summed E-state index contributed by atoms with van der Waals surface area (Å²) in [4.78, 5) is 25.2. The van der Waals surface area contributed by atoms with Crippen LogP contribution in [0.3, 0.4) is 0 Å². The lowest BCUT2D eigenvalue weighted by molar-refractivity contribution is -0.148. The summed E-state index contributed by atoms with van der Waals surface area (Å²) in [5.74, 6) is -1.07. The van der Waals surface area contributed by atoms with Gasteiger partial charge in [0.2, 0.25) is 5.91 Å². The van der Waals surface area contributed by atoms with Crippen molar-refractivity contribution < 1.29 is 45.4 Å². The number of ether oxygens (including phenoxy) is 2. The Bertz CT molecular complexity index is 856. The first-order valence-corrected chi connectivity index (χ1v) is 9.51. The molecule has 2 amide bonds. The minimum atomic E-state index is -4.94. The van der Waals surface area contributed by atoms with Crippen LogP contribution in [0.25, 0.3) is 0 Å². The third-order valence-corrected chi connectivity index (χ3v) is 5.79. The zero-order valence-corrected chi connectivity index (χ0v) is 16.0. The molecule has 1 aromatic carbocycles. The molecule has 1 N–H and O–H groups in total. The summed E-state index contributed by atoms with van der Waals surface area (Å²) < 4.78 is 87.5. The van der Waals surface area contributed by atoms with Crippen molar-refractivity contribution >= 4 is 12.0 Å². The number of rotatable bonds is 4. The summed E-state index contributed by atoms with van der Waals surface area (Å²) in [5.41, 5.74) is -3.36. The highest BCUT2D eigenvalue weighted by molar-refractivity contribution is 5.82. The fraction of sp³-hybridized carbons (Fsp3) is 0.579. The summed E-state index contributed by atoms with van der Waals surface area (Å²) >= 11 is 0. The lowest BCUT2D eigenvalue weighted by Crippen LogP contribution is -2.61. The topological polar surface area (TPSA) is 67.9 Å². The van der Waals surface area contributed by atoms with Gasteiger partial charge in [-0.3, -0.25) is 4.79 Å². The lowest BCUT2D eigenvalue weighted by Gasteiger charge is -2.47. The first kappa shape index (κ1) is 21.6. The fourth-order valence-corrected chi connectivity index (χ4v) is 4.11. The van der Waals surface area contributed by atoms with Gasteiger partial charge < -0.3 is 19.7 Å². The van der Waals surface area contributed by atoms with Gasteiger partial charge in [-0.25, -0.2) is 4.79 Å². The number of likely N-dealkylation sites (tertiary alicyclic amines) is 1. The van der Waals surface area contributed by atoms with Crippen LogP contribution in [0.15, 0.2) is 18.2 Å². The first-order valence-electron chi connectivity index (χ1n) is 9.51. The molecule has 31 heavy (non-hydrogen) atoms. The van der Waals surface area contributed by atoms with Crippen molar-refractivity contribution in [3.8, 4) is 5.75 Å². The van der Waals surface area contributed by atoms with Gasteiger partial charge in [0.1, 0.15) is 12.4 Å². The predicted molar refractivity (Wildman–Crippen MR) is 91.9 cm³/mol. The summed E-state index contributed by atoms with van der Waals surface area (Å²) in [5, 5.41) is 2.69. The molecule has 3 fully saturated rings. The fourth-order valence-electron chi connectivity index (χ4n) is 4.11. The molecular weight excluding hydrogens is 434 g/mol. The third kappa shape index (κ3) is 4.38. The highest BCUT2D eigenvalue weighted by atomic mass is 19.4. The van der Waals surface area contributed by atoms with Crippen molar-refractivity contribution in [3.63, 3.8) is 0 Å². The van der Waals surface area contributed by atoms with Gasteiger partial charge in [0.05, 0.1) is 23.3 Å². The number of hydrogen-bond donors (Lipinski definition) is 1. The van der Waals surface area contributed by atoms with Crippen LogP contribution in [0.1, 0.15) is 24.0 Å². The van der Waals surface area contributed by atoms with Crippen LogP contribution in [0.4, 0.5) is 31.1 Å². The molecule has 12 heteroatoms. The number of carbonyl (C=O) groups excluding carboxylic acids is 2. The average Bonchev–Trinajstić information content (AvgIpc) is 2.99. The van der Waals surface area contributed by atoms with E-state index >= 15 is 0 Å². The number of cyclic esters (lactones) is 1. The predicted octanol–water partition coefficient (Wildman–Crippen LogP) is 3.45. The molecule has 2 saturated heterocycles. The van der Waals surface area contributed by atoms with Crippen molar-refractivity contribution in [2.75, 3.05) is 26.3 Å². The molecule has 0 unspecified atom stereocenters. The SMILES string of the molecule is O=C1N[C@]2(CO1)C[C@@H](C(=O)N1CC(COc3cc(C(F)(F)F)cc(C(F)(F)F)c3)C1)C2. The van der Waals surface area contributed by atoms with Crippen LogP contribution >= 0.6 is 0 Å². The van der Waals surface area contributed by atoms with E-state index in [4.69, 9.17) is 9.47 Å². The van der Waals surface area contributed by atoms with Crippen molar-refractivity contribution in [1.82, 2.24) is 10.2 Å². The van der Waals surface area contributed by atoms with Crippen LogP contribution in [0, 0.1) is 11.8 Å². The van der Waals surface area contributed by atoms with Gasteiger partial charge in [-0.1, -0.05) is 0 Å². The van der Waals surface area contributed by atoms with E-state index in [1.165, 1.54) is 0 Å². The van der Waals surface area contributed by atoms with E-state index in [9.17, 15) is 35.9 Å². The number of carbonyl (C=O) groups is 2. The Morgan fingerprint density at radius 2 is 1.68 bits per heavy atom. The van der Waals surface area contributed by atoms with E-state index in [0.717, 1.165) is 0 Å². The molecule has 0 bridgehead atoms. The van der Waals surface area contributed by atoms with Crippen molar-refractivity contribution in [1.29, 1.82) is 0 Å². The number of nitrogens with zero attached hydrogens (tertiary/aromatic N) is 1. The molecule has 2 aliphatic heterocycles. The smallest absolute Gasteiger partial charge is 0.416 e. The van der Waals surface area contributed by atoms with Crippen LogP contribution in [0.2, 0.25) is 0 Å². The van der Waals surface area contributed by atoms with Gasteiger partial charge in [-0.2, -0.15) is 26.3 Å². The minimum absolute atomic E-state index is 0.0415. The van der Waals surface area contributed by atoms with E-state index in [0.29, 0.717) is 38.1 Å². The molecule has 0 atom stereocenters. The summed E-state index contributed by atoms with van der Waals surface area (Å²) in [7, 11) is 0. The number of halogens is 6. The molecule has 3 aliphatic rings. The van der Waals surface area contributed by atoms with Crippen LogP contribution in [-0.2, 0) is 21.9 Å². The van der Waals surface area contributed by atoms with E-state index < -0.39 is 40.9 Å². The zero-order chi connectivity index (χ0) is 22.6. The Hall–Kier alpha value is -2.66. The van der Waals surface area contributed by atoms with Crippen LogP contribution in [-0.4, -0.2) is 48.7 Å². The Labute approximate surface area is 172 Å². The average molecular weight is 452 g/mol. The van der Waals surface area contributed by atoms with E-state index in [1.54, 1.807) is 4.90 Å². The molecule has 2 heterocycles. The van der Waals surface area contributed by atoms with Gasteiger partial charge in [0, 0.05) is 24.9 Å². The number of alkyl halides is 6. The molecule has 170 valence electrons. The second kappa shape index (κ2) is 7.20. The number of nitrogens with one attached hydrogen (secondary N) is 1. The van der Waals surface area contributed by atoms with Gasteiger partial charge in [0.15, 0.2) is 0 Å². The molecule has 1 aromatic rings. The molecule has 4 rings (SSSR count). The largest absolute Gasteiger partial charge is 0.493 e. The standard InChI is InChI=1S/C19H18F6N2O4/c20-18(21,22)12-1-13(19(23,24)25)3-14(2-12)30-8-10-6-27(7-10)15(28)11-4-17(5-11)9-31-16(29)26-17/h1-3,10-11H,4-9H2,(H,26,29)/t11-,17-. The summed E-state index contributed by atoms with van der Waals surface area (Å²) in [6.45, 7) is 0.719. The van der Waals surface area contributed by atoms with Crippen molar-refractivity contribution in [2.45, 2.75) is 30.7 Å². The third-order valence-electron chi connectivity index (χ3n) is 5.79. The molecule has 1 saturated carbocycles.